The van der Waals surface area contributed by atoms with Gasteiger partial charge in [-0.25, -0.2) is 8.42 Å². The fourth-order valence-electron chi connectivity index (χ4n) is 1.58. The van der Waals surface area contributed by atoms with Gasteiger partial charge >= 0.3 is 0 Å². The van der Waals surface area contributed by atoms with Gasteiger partial charge in [0.1, 0.15) is 15.6 Å². The summed E-state index contributed by atoms with van der Waals surface area (Å²) in [6.45, 7) is 5.43. The molecule has 0 spiro atoms. The second-order valence-electron chi connectivity index (χ2n) is 5.01. The maximum Gasteiger partial charge on any atom is 0.147 e. The van der Waals surface area contributed by atoms with Crippen LogP contribution in [-0.2, 0) is 16.4 Å². The van der Waals surface area contributed by atoms with E-state index >= 15 is 0 Å². The van der Waals surface area contributed by atoms with Crippen molar-refractivity contribution in [1.82, 2.24) is 5.32 Å². The summed E-state index contributed by atoms with van der Waals surface area (Å²) in [5.74, 6) is 0.957. The highest BCUT2D eigenvalue weighted by Gasteiger charge is 2.02. The molecule has 19 heavy (non-hydrogen) atoms. The molecule has 0 unspecified atom stereocenters. The second-order valence-corrected chi connectivity index (χ2v) is 7.27. The van der Waals surface area contributed by atoms with E-state index in [9.17, 15) is 8.42 Å². The largest absolute Gasteiger partial charge is 0.494 e. The Bertz CT molecular complexity index is 483. The minimum atomic E-state index is -2.89. The van der Waals surface area contributed by atoms with Crippen molar-refractivity contribution >= 4 is 9.84 Å². The van der Waals surface area contributed by atoms with Crippen LogP contribution < -0.4 is 10.1 Å². The first-order chi connectivity index (χ1) is 8.87. The van der Waals surface area contributed by atoms with Crippen molar-refractivity contribution in [3.8, 4) is 5.75 Å². The molecule has 0 fully saturated rings. The van der Waals surface area contributed by atoms with Crippen LogP contribution in [0, 0.1) is 0 Å². The van der Waals surface area contributed by atoms with Gasteiger partial charge in [0.15, 0.2) is 0 Å². The topological polar surface area (TPSA) is 55.4 Å². The average molecular weight is 285 g/mol. The van der Waals surface area contributed by atoms with Crippen LogP contribution in [-0.4, -0.2) is 33.1 Å². The Kier molecular flexibility index (Phi) is 6.31. The Morgan fingerprint density at radius 2 is 2.05 bits per heavy atom. The smallest absolute Gasteiger partial charge is 0.147 e. The van der Waals surface area contributed by atoms with Gasteiger partial charge < -0.3 is 10.1 Å². The van der Waals surface area contributed by atoms with Crippen molar-refractivity contribution in [2.45, 2.75) is 32.9 Å². The molecule has 0 amide bonds. The van der Waals surface area contributed by atoms with Gasteiger partial charge in [-0.15, -0.1) is 0 Å². The lowest BCUT2D eigenvalue weighted by Gasteiger charge is -2.10. The Balaban J connectivity index is 2.39. The molecule has 1 N–H and O–H groups in total. The second kappa shape index (κ2) is 7.50. The van der Waals surface area contributed by atoms with E-state index in [1.165, 1.54) is 6.26 Å². The first kappa shape index (κ1) is 16.0. The number of benzene rings is 1. The third kappa shape index (κ3) is 7.85. The van der Waals surface area contributed by atoms with Crippen LogP contribution in [0.2, 0.25) is 0 Å². The summed E-state index contributed by atoms with van der Waals surface area (Å²) in [5.41, 5.74) is 1.16. The molecule has 0 aliphatic heterocycles. The van der Waals surface area contributed by atoms with E-state index in [-0.39, 0.29) is 5.75 Å². The fourth-order valence-corrected chi connectivity index (χ4v) is 2.22. The molecule has 0 saturated heterocycles. The normalized spacial score (nSPS) is 11.8. The third-order valence-electron chi connectivity index (χ3n) is 2.54. The highest BCUT2D eigenvalue weighted by Crippen LogP contribution is 2.13. The fraction of sp³-hybridized carbons (Fsp3) is 0.571. The van der Waals surface area contributed by atoms with Crippen LogP contribution in [0.5, 0.6) is 5.75 Å². The molecular formula is C14H23NO3S. The van der Waals surface area contributed by atoms with Crippen molar-refractivity contribution in [2.24, 2.45) is 0 Å². The number of nitrogens with one attached hydrogen (secondary N) is 1. The SMILES string of the molecule is CC(C)NCc1cccc(OCCCS(C)(=O)=O)c1. The Hall–Kier alpha value is -1.07. The van der Waals surface area contributed by atoms with Gasteiger partial charge in [0.05, 0.1) is 12.4 Å². The van der Waals surface area contributed by atoms with Crippen LogP contribution in [0.15, 0.2) is 24.3 Å². The predicted octanol–water partition coefficient (Wildman–Crippen LogP) is 2.00. The molecular weight excluding hydrogens is 262 g/mol. The molecule has 5 heteroatoms. The molecule has 0 heterocycles. The number of hydrogen-bond donors (Lipinski definition) is 1. The van der Waals surface area contributed by atoms with E-state index in [1.807, 2.05) is 24.3 Å². The van der Waals surface area contributed by atoms with Crippen LogP contribution >= 0.6 is 0 Å². The first-order valence-corrected chi connectivity index (χ1v) is 8.56. The van der Waals surface area contributed by atoms with E-state index < -0.39 is 9.84 Å². The summed E-state index contributed by atoms with van der Waals surface area (Å²) in [6.07, 6.45) is 1.76. The molecule has 0 aromatic heterocycles. The Morgan fingerprint density at radius 1 is 1.32 bits per heavy atom. The maximum atomic E-state index is 11.0. The molecule has 108 valence electrons. The molecule has 4 nitrogen and oxygen atoms in total. The summed E-state index contributed by atoms with van der Waals surface area (Å²) >= 11 is 0. The first-order valence-electron chi connectivity index (χ1n) is 6.49. The van der Waals surface area contributed by atoms with E-state index in [0.29, 0.717) is 19.1 Å². The van der Waals surface area contributed by atoms with Crippen LogP contribution in [0.25, 0.3) is 0 Å². The average Bonchev–Trinajstić information content (AvgIpc) is 2.32. The van der Waals surface area contributed by atoms with Crippen molar-refractivity contribution < 1.29 is 13.2 Å². The highest BCUT2D eigenvalue weighted by atomic mass is 32.2. The quantitative estimate of drug-likeness (QED) is 0.742. The highest BCUT2D eigenvalue weighted by molar-refractivity contribution is 7.90. The van der Waals surface area contributed by atoms with E-state index in [1.54, 1.807) is 0 Å². The molecule has 0 bridgehead atoms. The summed E-state index contributed by atoms with van der Waals surface area (Å²) in [4.78, 5) is 0. The van der Waals surface area contributed by atoms with Crippen molar-refractivity contribution in [1.29, 1.82) is 0 Å². The van der Waals surface area contributed by atoms with Gasteiger partial charge in [-0.3, -0.25) is 0 Å². The number of sulfone groups is 1. The lowest BCUT2D eigenvalue weighted by molar-refractivity contribution is 0.317. The molecule has 0 saturated carbocycles. The van der Waals surface area contributed by atoms with Crippen molar-refractivity contribution in [2.75, 3.05) is 18.6 Å². The molecule has 0 aliphatic carbocycles. The van der Waals surface area contributed by atoms with E-state index in [2.05, 4.69) is 19.2 Å². The Morgan fingerprint density at radius 3 is 2.68 bits per heavy atom. The van der Waals surface area contributed by atoms with Gasteiger partial charge in [-0.2, -0.15) is 0 Å². The number of ether oxygens (including phenoxy) is 1. The molecule has 1 aromatic rings. The lowest BCUT2D eigenvalue weighted by Crippen LogP contribution is -2.21. The predicted molar refractivity (Wildman–Crippen MR) is 78.2 cm³/mol. The maximum absolute atomic E-state index is 11.0. The zero-order chi connectivity index (χ0) is 14.3. The summed E-state index contributed by atoms with van der Waals surface area (Å²) < 4.78 is 27.5. The lowest BCUT2D eigenvalue weighted by atomic mass is 10.2. The van der Waals surface area contributed by atoms with Crippen molar-refractivity contribution in [3.05, 3.63) is 29.8 Å². The number of hydrogen-bond acceptors (Lipinski definition) is 4. The van der Waals surface area contributed by atoms with E-state index in [4.69, 9.17) is 4.74 Å². The Labute approximate surface area is 116 Å². The summed E-state index contributed by atoms with van der Waals surface area (Å²) in [5, 5.41) is 3.34. The minimum Gasteiger partial charge on any atom is -0.494 e. The van der Waals surface area contributed by atoms with Gasteiger partial charge in [0.2, 0.25) is 0 Å². The summed E-state index contributed by atoms with van der Waals surface area (Å²) in [7, 11) is -2.89. The molecule has 0 radical (unpaired) electrons. The summed E-state index contributed by atoms with van der Waals surface area (Å²) in [6, 6.07) is 8.30. The number of rotatable bonds is 8. The zero-order valence-electron chi connectivity index (χ0n) is 11.8. The minimum absolute atomic E-state index is 0.168. The molecule has 1 rings (SSSR count). The molecule has 1 aromatic carbocycles. The molecule has 0 atom stereocenters. The van der Waals surface area contributed by atoms with Gasteiger partial charge in [0.25, 0.3) is 0 Å². The van der Waals surface area contributed by atoms with Crippen molar-refractivity contribution in [3.63, 3.8) is 0 Å². The van der Waals surface area contributed by atoms with Crippen LogP contribution in [0.1, 0.15) is 25.8 Å². The van der Waals surface area contributed by atoms with Crippen LogP contribution in [0.3, 0.4) is 0 Å². The zero-order valence-corrected chi connectivity index (χ0v) is 12.7. The van der Waals surface area contributed by atoms with Gasteiger partial charge in [-0.05, 0) is 24.1 Å². The van der Waals surface area contributed by atoms with Crippen LogP contribution in [0.4, 0.5) is 0 Å². The van der Waals surface area contributed by atoms with Gasteiger partial charge in [-0.1, -0.05) is 26.0 Å². The van der Waals surface area contributed by atoms with Gasteiger partial charge in [0, 0.05) is 18.8 Å². The van der Waals surface area contributed by atoms with E-state index in [0.717, 1.165) is 17.9 Å². The monoisotopic (exact) mass is 285 g/mol. The molecule has 0 aliphatic rings. The third-order valence-corrected chi connectivity index (χ3v) is 3.57. The standard InChI is InChI=1S/C14H23NO3S/c1-12(2)15-11-13-6-4-7-14(10-13)18-8-5-9-19(3,16)17/h4,6-7,10,12,15H,5,8-9,11H2,1-3H3.